The molecule has 1 aromatic rings. The van der Waals surface area contributed by atoms with E-state index in [1.165, 1.54) is 0 Å². The molecular formula is C13H18N2O3. The van der Waals surface area contributed by atoms with E-state index in [0.717, 1.165) is 37.4 Å². The van der Waals surface area contributed by atoms with Crippen molar-refractivity contribution in [2.45, 2.75) is 19.8 Å². The van der Waals surface area contributed by atoms with Gasteiger partial charge in [0.1, 0.15) is 5.82 Å². The van der Waals surface area contributed by atoms with E-state index < -0.39 is 5.97 Å². The number of ether oxygens (including phenoxy) is 1. The Morgan fingerprint density at radius 3 is 2.78 bits per heavy atom. The number of aryl methyl sites for hydroxylation is 1. The number of aromatic nitrogens is 1. The second-order valence-electron chi connectivity index (χ2n) is 4.36. The van der Waals surface area contributed by atoms with Gasteiger partial charge in [-0.1, -0.05) is 13.3 Å². The van der Waals surface area contributed by atoms with E-state index in [2.05, 4.69) is 16.8 Å². The summed E-state index contributed by atoms with van der Waals surface area (Å²) in [4.78, 5) is 17.7. The highest BCUT2D eigenvalue weighted by molar-refractivity contribution is 5.88. The Kier molecular flexibility index (Phi) is 4.15. The lowest BCUT2D eigenvalue weighted by molar-refractivity contribution is 0.0696. The third kappa shape index (κ3) is 2.98. The maximum atomic E-state index is 11.1. The normalized spacial score (nSPS) is 15.7. The minimum atomic E-state index is -0.899. The molecule has 0 saturated carbocycles. The van der Waals surface area contributed by atoms with Gasteiger partial charge < -0.3 is 14.7 Å². The van der Waals surface area contributed by atoms with Gasteiger partial charge in [-0.25, -0.2) is 9.78 Å². The van der Waals surface area contributed by atoms with E-state index in [0.29, 0.717) is 18.8 Å². The number of rotatable bonds is 4. The molecular weight excluding hydrogens is 232 g/mol. The van der Waals surface area contributed by atoms with Crippen molar-refractivity contribution >= 4 is 11.8 Å². The lowest BCUT2D eigenvalue weighted by Gasteiger charge is -2.28. The van der Waals surface area contributed by atoms with Crippen molar-refractivity contribution in [2.24, 2.45) is 0 Å². The van der Waals surface area contributed by atoms with Crippen molar-refractivity contribution in [3.8, 4) is 0 Å². The Bertz CT molecular complexity index is 428. The summed E-state index contributed by atoms with van der Waals surface area (Å²) in [6, 6.07) is 3.31. The molecule has 5 heteroatoms. The van der Waals surface area contributed by atoms with Crippen LogP contribution in [0, 0.1) is 0 Å². The Labute approximate surface area is 106 Å². The first-order chi connectivity index (χ1) is 8.70. The van der Waals surface area contributed by atoms with E-state index in [-0.39, 0.29) is 0 Å². The molecule has 0 aliphatic carbocycles. The van der Waals surface area contributed by atoms with Crippen molar-refractivity contribution in [3.63, 3.8) is 0 Å². The largest absolute Gasteiger partial charge is 0.478 e. The van der Waals surface area contributed by atoms with Crippen LogP contribution in [0.2, 0.25) is 0 Å². The number of hydrogen-bond acceptors (Lipinski definition) is 4. The molecule has 98 valence electrons. The Hall–Kier alpha value is -1.62. The molecule has 1 N–H and O–H groups in total. The lowest BCUT2D eigenvalue weighted by Crippen LogP contribution is -2.37. The second kappa shape index (κ2) is 5.82. The van der Waals surface area contributed by atoms with Gasteiger partial charge in [0.05, 0.1) is 18.8 Å². The fraction of sp³-hybridized carbons (Fsp3) is 0.538. The molecule has 0 unspecified atom stereocenters. The summed E-state index contributed by atoms with van der Waals surface area (Å²) in [5, 5.41) is 9.13. The topological polar surface area (TPSA) is 62.7 Å². The summed E-state index contributed by atoms with van der Waals surface area (Å²) in [5.41, 5.74) is 1.16. The monoisotopic (exact) mass is 250 g/mol. The first-order valence-corrected chi connectivity index (χ1v) is 6.27. The third-order valence-electron chi connectivity index (χ3n) is 2.95. The van der Waals surface area contributed by atoms with Crippen LogP contribution < -0.4 is 4.90 Å². The Balaban J connectivity index is 2.29. The molecule has 0 bridgehead atoms. The van der Waals surface area contributed by atoms with Crippen molar-refractivity contribution in [2.75, 3.05) is 31.2 Å². The highest BCUT2D eigenvalue weighted by Gasteiger charge is 2.15. The van der Waals surface area contributed by atoms with Crippen molar-refractivity contribution in [3.05, 3.63) is 23.4 Å². The Morgan fingerprint density at radius 1 is 1.44 bits per heavy atom. The summed E-state index contributed by atoms with van der Waals surface area (Å²) in [7, 11) is 0. The molecule has 0 aromatic carbocycles. The van der Waals surface area contributed by atoms with Crippen LogP contribution in [0.3, 0.4) is 0 Å². The van der Waals surface area contributed by atoms with Gasteiger partial charge in [-0.05, 0) is 18.6 Å². The molecule has 2 heterocycles. The van der Waals surface area contributed by atoms with Gasteiger partial charge >= 0.3 is 5.97 Å². The highest BCUT2D eigenvalue weighted by atomic mass is 16.5. The smallest absolute Gasteiger partial charge is 0.335 e. The van der Waals surface area contributed by atoms with Gasteiger partial charge in [-0.3, -0.25) is 0 Å². The molecule has 18 heavy (non-hydrogen) atoms. The molecule has 0 atom stereocenters. The molecule has 0 spiro atoms. The number of hydrogen-bond donors (Lipinski definition) is 1. The van der Waals surface area contributed by atoms with Crippen LogP contribution >= 0.6 is 0 Å². The summed E-state index contributed by atoms with van der Waals surface area (Å²) < 4.78 is 5.29. The maximum Gasteiger partial charge on any atom is 0.335 e. The predicted octanol–water partition coefficient (Wildman–Crippen LogP) is 1.57. The molecule has 2 rings (SSSR count). The predicted molar refractivity (Wildman–Crippen MR) is 68.2 cm³/mol. The number of aromatic carboxylic acids is 1. The summed E-state index contributed by atoms with van der Waals surface area (Å²) in [6.45, 7) is 4.93. The molecule has 5 nitrogen and oxygen atoms in total. The van der Waals surface area contributed by atoms with Gasteiger partial charge in [0.15, 0.2) is 0 Å². The fourth-order valence-corrected chi connectivity index (χ4v) is 2.03. The maximum absolute atomic E-state index is 11.1. The van der Waals surface area contributed by atoms with Crippen LogP contribution in [0.4, 0.5) is 5.82 Å². The summed E-state index contributed by atoms with van der Waals surface area (Å²) >= 11 is 0. The Morgan fingerprint density at radius 2 is 2.17 bits per heavy atom. The van der Waals surface area contributed by atoms with Gasteiger partial charge in [0.2, 0.25) is 0 Å². The van der Waals surface area contributed by atoms with E-state index in [4.69, 9.17) is 9.84 Å². The van der Waals surface area contributed by atoms with Crippen LogP contribution in [0.1, 0.15) is 29.4 Å². The minimum Gasteiger partial charge on any atom is -0.478 e. The molecule has 0 radical (unpaired) electrons. The van der Waals surface area contributed by atoms with E-state index in [1.54, 1.807) is 12.1 Å². The van der Waals surface area contributed by atoms with Gasteiger partial charge in [-0.2, -0.15) is 0 Å². The number of morpholine rings is 1. The van der Waals surface area contributed by atoms with E-state index in [9.17, 15) is 4.79 Å². The summed E-state index contributed by atoms with van der Waals surface area (Å²) in [5.74, 6) is -0.147. The van der Waals surface area contributed by atoms with Gasteiger partial charge in [-0.15, -0.1) is 0 Å². The SMILES string of the molecule is CCCc1cc(C(=O)O)cc(N2CCOCC2)n1. The van der Waals surface area contributed by atoms with E-state index in [1.807, 2.05) is 0 Å². The van der Waals surface area contributed by atoms with Crippen LogP contribution in [0.25, 0.3) is 0 Å². The molecule has 1 aliphatic heterocycles. The molecule has 1 aromatic heterocycles. The van der Waals surface area contributed by atoms with Crippen LogP contribution in [0.5, 0.6) is 0 Å². The number of carbonyl (C=O) groups is 1. The minimum absolute atomic E-state index is 0.315. The second-order valence-corrected chi connectivity index (χ2v) is 4.36. The van der Waals surface area contributed by atoms with Gasteiger partial charge in [0.25, 0.3) is 0 Å². The first-order valence-electron chi connectivity index (χ1n) is 6.27. The molecule has 1 aliphatic rings. The van der Waals surface area contributed by atoms with Crippen molar-refractivity contribution in [1.29, 1.82) is 0 Å². The average Bonchev–Trinajstić information content (AvgIpc) is 2.40. The zero-order chi connectivity index (χ0) is 13.0. The van der Waals surface area contributed by atoms with Crippen molar-refractivity contribution < 1.29 is 14.6 Å². The van der Waals surface area contributed by atoms with Crippen LogP contribution in [-0.4, -0.2) is 42.4 Å². The molecule has 1 saturated heterocycles. The number of carboxylic acid groups (broad SMARTS) is 1. The highest BCUT2D eigenvalue weighted by Crippen LogP contribution is 2.17. The van der Waals surface area contributed by atoms with Gasteiger partial charge in [0, 0.05) is 18.8 Å². The van der Waals surface area contributed by atoms with Crippen molar-refractivity contribution in [1.82, 2.24) is 4.98 Å². The first kappa shape index (κ1) is 12.8. The number of pyridine rings is 1. The third-order valence-corrected chi connectivity index (χ3v) is 2.95. The molecule has 0 amide bonds. The lowest BCUT2D eigenvalue weighted by atomic mass is 10.1. The number of anilines is 1. The van der Waals surface area contributed by atoms with Crippen LogP contribution in [-0.2, 0) is 11.2 Å². The van der Waals surface area contributed by atoms with Crippen LogP contribution in [0.15, 0.2) is 12.1 Å². The number of nitrogens with zero attached hydrogens (tertiary/aromatic N) is 2. The molecule has 1 fully saturated rings. The quantitative estimate of drug-likeness (QED) is 0.878. The zero-order valence-electron chi connectivity index (χ0n) is 10.6. The standard InChI is InChI=1S/C13H18N2O3/c1-2-3-11-8-10(13(16)17)9-12(14-11)15-4-6-18-7-5-15/h8-9H,2-7H2,1H3,(H,16,17). The zero-order valence-corrected chi connectivity index (χ0v) is 10.6. The number of carboxylic acids is 1. The summed E-state index contributed by atoms with van der Waals surface area (Å²) in [6.07, 6.45) is 1.76. The van der Waals surface area contributed by atoms with E-state index >= 15 is 0 Å². The average molecular weight is 250 g/mol. The fourth-order valence-electron chi connectivity index (χ4n) is 2.03.